The van der Waals surface area contributed by atoms with Crippen molar-refractivity contribution < 1.29 is 13.2 Å². The Labute approximate surface area is 114 Å². The number of anilines is 1. The molecule has 19 heavy (non-hydrogen) atoms. The molecule has 1 aliphatic rings. The van der Waals surface area contributed by atoms with Crippen LogP contribution in [0.4, 0.5) is 19.0 Å². The Balaban J connectivity index is 2.41. The number of halogens is 3. The number of pyridine rings is 1. The van der Waals surface area contributed by atoms with Crippen LogP contribution in [0.15, 0.2) is 12.1 Å². The third-order valence-corrected chi connectivity index (χ3v) is 4.30. The number of alkyl halides is 3. The first-order valence-electron chi connectivity index (χ1n) is 6.05. The molecule has 0 saturated carbocycles. The van der Waals surface area contributed by atoms with Crippen LogP contribution in [0, 0.1) is 0 Å². The molecule has 0 aromatic carbocycles. The number of rotatable bonds is 2. The van der Waals surface area contributed by atoms with Crippen molar-refractivity contribution in [3.63, 3.8) is 0 Å². The topological polar surface area (TPSA) is 42.2 Å². The molecule has 1 aliphatic heterocycles. The Hall–Kier alpha value is -0.950. The highest BCUT2D eigenvalue weighted by Crippen LogP contribution is 2.32. The normalized spacial score (nSPS) is 20.7. The molecule has 0 amide bonds. The van der Waals surface area contributed by atoms with Gasteiger partial charge >= 0.3 is 6.18 Å². The van der Waals surface area contributed by atoms with E-state index in [2.05, 4.69) is 4.98 Å². The molecule has 7 heteroatoms. The highest BCUT2D eigenvalue weighted by molar-refractivity contribution is 7.99. The Kier molecular flexibility index (Phi) is 4.25. The summed E-state index contributed by atoms with van der Waals surface area (Å²) in [4.78, 5) is 5.73. The number of hydrogen-bond acceptors (Lipinski definition) is 4. The van der Waals surface area contributed by atoms with Gasteiger partial charge < -0.3 is 10.6 Å². The van der Waals surface area contributed by atoms with E-state index < -0.39 is 11.9 Å². The zero-order valence-electron chi connectivity index (χ0n) is 10.6. The van der Waals surface area contributed by atoms with E-state index in [4.69, 9.17) is 5.73 Å². The monoisotopic (exact) mass is 291 g/mol. The van der Waals surface area contributed by atoms with Crippen LogP contribution in [-0.4, -0.2) is 29.1 Å². The van der Waals surface area contributed by atoms with E-state index in [1.54, 1.807) is 11.8 Å². The number of thioether (sulfide) groups is 1. The standard InChI is InChI=1S/C12H16F3N3S/c1-8-7-19-5-4-18(8)11-9(6-16)2-3-10(17-11)12(13,14)15/h2-3,8H,4-7,16H2,1H3. The van der Waals surface area contributed by atoms with Crippen LogP contribution >= 0.6 is 11.8 Å². The molecular formula is C12H16F3N3S. The summed E-state index contributed by atoms with van der Waals surface area (Å²) >= 11 is 1.80. The first kappa shape index (κ1) is 14.5. The maximum atomic E-state index is 12.8. The van der Waals surface area contributed by atoms with Crippen LogP contribution in [0.2, 0.25) is 0 Å². The molecule has 0 bridgehead atoms. The molecular weight excluding hydrogens is 275 g/mol. The van der Waals surface area contributed by atoms with E-state index in [0.29, 0.717) is 17.9 Å². The van der Waals surface area contributed by atoms with Gasteiger partial charge in [-0.2, -0.15) is 24.9 Å². The van der Waals surface area contributed by atoms with Crippen LogP contribution in [0.5, 0.6) is 0 Å². The Morgan fingerprint density at radius 3 is 2.79 bits per heavy atom. The molecule has 0 aliphatic carbocycles. The summed E-state index contributed by atoms with van der Waals surface area (Å²) in [6, 6.07) is 2.59. The highest BCUT2D eigenvalue weighted by Gasteiger charge is 2.34. The van der Waals surface area contributed by atoms with Gasteiger partial charge in [-0.05, 0) is 13.0 Å². The molecule has 1 aromatic heterocycles. The predicted octanol–water partition coefficient (Wildman–Crippen LogP) is 2.50. The van der Waals surface area contributed by atoms with Gasteiger partial charge in [-0.25, -0.2) is 4.98 Å². The third kappa shape index (κ3) is 3.14. The fraction of sp³-hybridized carbons (Fsp3) is 0.583. The summed E-state index contributed by atoms with van der Waals surface area (Å²) < 4.78 is 38.3. The lowest BCUT2D eigenvalue weighted by Crippen LogP contribution is -2.41. The van der Waals surface area contributed by atoms with Gasteiger partial charge in [-0.3, -0.25) is 0 Å². The van der Waals surface area contributed by atoms with Crippen LogP contribution in [-0.2, 0) is 12.7 Å². The minimum absolute atomic E-state index is 0.167. The van der Waals surface area contributed by atoms with E-state index in [0.717, 1.165) is 17.6 Å². The molecule has 1 fully saturated rings. The summed E-state index contributed by atoms with van der Waals surface area (Å²) in [5.41, 5.74) is 5.41. The highest BCUT2D eigenvalue weighted by atomic mass is 32.2. The lowest BCUT2D eigenvalue weighted by Gasteiger charge is -2.35. The van der Waals surface area contributed by atoms with Crippen molar-refractivity contribution in [3.8, 4) is 0 Å². The molecule has 0 radical (unpaired) electrons. The summed E-state index contributed by atoms with van der Waals surface area (Å²) in [7, 11) is 0. The van der Waals surface area contributed by atoms with Crippen molar-refractivity contribution in [2.24, 2.45) is 5.73 Å². The van der Waals surface area contributed by atoms with Gasteiger partial charge in [0.2, 0.25) is 0 Å². The van der Waals surface area contributed by atoms with Crippen molar-refractivity contribution in [1.29, 1.82) is 0 Å². The van der Waals surface area contributed by atoms with E-state index in [-0.39, 0.29) is 12.6 Å². The molecule has 1 unspecified atom stereocenters. The summed E-state index contributed by atoms with van der Waals surface area (Å²) in [5, 5.41) is 0. The van der Waals surface area contributed by atoms with Gasteiger partial charge in [0.05, 0.1) is 0 Å². The molecule has 1 saturated heterocycles. The zero-order valence-corrected chi connectivity index (χ0v) is 11.4. The van der Waals surface area contributed by atoms with Gasteiger partial charge in [-0.1, -0.05) is 6.07 Å². The van der Waals surface area contributed by atoms with Gasteiger partial charge in [0.25, 0.3) is 0 Å². The second-order valence-corrected chi connectivity index (χ2v) is 5.65. The smallest absolute Gasteiger partial charge is 0.352 e. The minimum atomic E-state index is -4.42. The summed E-state index contributed by atoms with van der Waals surface area (Å²) in [6.07, 6.45) is -4.42. The van der Waals surface area contributed by atoms with Gasteiger partial charge in [-0.15, -0.1) is 0 Å². The quantitative estimate of drug-likeness (QED) is 0.909. The fourth-order valence-corrected chi connectivity index (χ4v) is 3.10. The van der Waals surface area contributed by atoms with Gasteiger partial charge in [0.15, 0.2) is 0 Å². The van der Waals surface area contributed by atoms with E-state index in [9.17, 15) is 13.2 Å². The summed E-state index contributed by atoms with van der Waals surface area (Å²) in [5.74, 6) is 2.17. The first-order chi connectivity index (χ1) is 8.93. The number of nitrogens with zero attached hydrogens (tertiary/aromatic N) is 2. The average molecular weight is 291 g/mol. The SMILES string of the molecule is CC1CSCCN1c1nc(C(F)(F)F)ccc1CN. The molecule has 2 rings (SSSR count). The van der Waals surface area contributed by atoms with E-state index in [1.807, 2.05) is 11.8 Å². The molecule has 0 spiro atoms. The number of aromatic nitrogens is 1. The predicted molar refractivity (Wildman–Crippen MR) is 71.3 cm³/mol. The van der Waals surface area contributed by atoms with Crippen LogP contribution in [0.3, 0.4) is 0 Å². The Morgan fingerprint density at radius 2 is 2.21 bits per heavy atom. The number of hydrogen-bond donors (Lipinski definition) is 1. The van der Waals surface area contributed by atoms with Crippen molar-refractivity contribution in [3.05, 3.63) is 23.4 Å². The summed E-state index contributed by atoms with van der Waals surface area (Å²) in [6.45, 7) is 2.89. The van der Waals surface area contributed by atoms with Crippen molar-refractivity contribution in [2.45, 2.75) is 25.7 Å². The largest absolute Gasteiger partial charge is 0.433 e. The Morgan fingerprint density at radius 1 is 1.47 bits per heavy atom. The molecule has 3 nitrogen and oxygen atoms in total. The lowest BCUT2D eigenvalue weighted by molar-refractivity contribution is -0.141. The van der Waals surface area contributed by atoms with Crippen LogP contribution < -0.4 is 10.6 Å². The van der Waals surface area contributed by atoms with Crippen LogP contribution in [0.1, 0.15) is 18.2 Å². The van der Waals surface area contributed by atoms with Crippen molar-refractivity contribution in [1.82, 2.24) is 4.98 Å². The second-order valence-electron chi connectivity index (χ2n) is 4.50. The Bertz CT molecular complexity index is 450. The van der Waals surface area contributed by atoms with E-state index in [1.165, 1.54) is 6.07 Å². The molecule has 1 atom stereocenters. The average Bonchev–Trinajstić information content (AvgIpc) is 2.37. The van der Waals surface area contributed by atoms with Crippen molar-refractivity contribution in [2.75, 3.05) is 23.0 Å². The molecule has 2 heterocycles. The number of nitrogens with two attached hydrogens (primary N) is 1. The van der Waals surface area contributed by atoms with Gasteiger partial charge in [0.1, 0.15) is 11.5 Å². The maximum absolute atomic E-state index is 12.8. The van der Waals surface area contributed by atoms with Crippen molar-refractivity contribution >= 4 is 17.6 Å². The third-order valence-electron chi connectivity index (χ3n) is 3.11. The lowest BCUT2D eigenvalue weighted by atomic mass is 10.2. The molecule has 1 aromatic rings. The van der Waals surface area contributed by atoms with Gasteiger partial charge in [0, 0.05) is 36.2 Å². The molecule has 2 N–H and O–H groups in total. The van der Waals surface area contributed by atoms with Crippen LogP contribution in [0.25, 0.3) is 0 Å². The fourth-order valence-electron chi connectivity index (χ4n) is 2.08. The zero-order chi connectivity index (χ0) is 14.0. The second kappa shape index (κ2) is 5.58. The maximum Gasteiger partial charge on any atom is 0.433 e. The minimum Gasteiger partial charge on any atom is -0.352 e. The molecule has 106 valence electrons. The van der Waals surface area contributed by atoms with E-state index >= 15 is 0 Å². The first-order valence-corrected chi connectivity index (χ1v) is 7.20.